The lowest BCUT2D eigenvalue weighted by atomic mass is 10.2. The van der Waals surface area contributed by atoms with Crippen molar-refractivity contribution < 1.29 is 14.3 Å². The molecule has 3 rings (SSSR count). The molecule has 140 valence electrons. The highest BCUT2D eigenvalue weighted by molar-refractivity contribution is 5.75. The molecule has 27 heavy (non-hydrogen) atoms. The Labute approximate surface area is 157 Å². The number of hydrogen-bond donors (Lipinski definition) is 1. The van der Waals surface area contributed by atoms with E-state index in [4.69, 9.17) is 15.2 Å². The molecule has 0 aliphatic heterocycles. The highest BCUT2D eigenvalue weighted by Crippen LogP contribution is 2.26. The van der Waals surface area contributed by atoms with Crippen molar-refractivity contribution >= 4 is 5.91 Å². The van der Waals surface area contributed by atoms with Gasteiger partial charge in [-0.15, -0.1) is 0 Å². The first kappa shape index (κ1) is 18.4. The van der Waals surface area contributed by atoms with Gasteiger partial charge in [0.25, 0.3) is 0 Å². The van der Waals surface area contributed by atoms with Gasteiger partial charge in [-0.3, -0.25) is 4.79 Å². The minimum atomic E-state index is -0.482. The molecule has 1 aromatic heterocycles. The largest absolute Gasteiger partial charge is 0.497 e. The molecule has 0 radical (unpaired) electrons. The maximum absolute atomic E-state index is 11.3. The van der Waals surface area contributed by atoms with Crippen molar-refractivity contribution in [3.05, 3.63) is 65.7 Å². The summed E-state index contributed by atoms with van der Waals surface area (Å²) in [6.07, 6.45) is -0.441. The Balaban J connectivity index is 1.98. The van der Waals surface area contributed by atoms with Gasteiger partial charge in [0.15, 0.2) is 17.8 Å². The van der Waals surface area contributed by atoms with Crippen LogP contribution in [0.3, 0.4) is 0 Å². The second-order valence-electron chi connectivity index (χ2n) is 6.17. The van der Waals surface area contributed by atoms with Crippen molar-refractivity contribution in [1.29, 1.82) is 0 Å². The highest BCUT2D eigenvalue weighted by Gasteiger charge is 2.21. The molecule has 2 N–H and O–H groups in total. The van der Waals surface area contributed by atoms with Gasteiger partial charge in [0, 0.05) is 6.07 Å². The lowest BCUT2D eigenvalue weighted by Crippen LogP contribution is -2.14. The second kappa shape index (κ2) is 7.90. The zero-order valence-corrected chi connectivity index (χ0v) is 15.5. The zero-order valence-electron chi connectivity index (χ0n) is 15.5. The lowest BCUT2D eigenvalue weighted by Gasteiger charge is -2.16. The molecule has 3 aromatic rings. The van der Waals surface area contributed by atoms with Gasteiger partial charge in [-0.25, -0.2) is 9.67 Å². The van der Waals surface area contributed by atoms with Gasteiger partial charge < -0.3 is 15.2 Å². The van der Waals surface area contributed by atoms with Crippen LogP contribution in [0.1, 0.15) is 30.2 Å². The van der Waals surface area contributed by atoms with E-state index in [-0.39, 0.29) is 6.42 Å². The van der Waals surface area contributed by atoms with E-state index in [1.807, 2.05) is 56.3 Å². The Morgan fingerprint density at radius 3 is 2.63 bits per heavy atom. The summed E-state index contributed by atoms with van der Waals surface area (Å²) in [5, 5.41) is 4.48. The maximum atomic E-state index is 11.3. The molecule has 7 nitrogen and oxygen atoms in total. The Morgan fingerprint density at radius 1 is 1.19 bits per heavy atom. The fourth-order valence-electron chi connectivity index (χ4n) is 2.77. The highest BCUT2D eigenvalue weighted by atomic mass is 16.5. The van der Waals surface area contributed by atoms with Crippen molar-refractivity contribution in [2.75, 3.05) is 7.11 Å². The van der Waals surface area contributed by atoms with Crippen molar-refractivity contribution in [3.63, 3.8) is 0 Å². The molecule has 1 amide bonds. The number of methoxy groups -OCH3 is 1. The first-order valence-electron chi connectivity index (χ1n) is 8.58. The summed E-state index contributed by atoms with van der Waals surface area (Å²) in [7, 11) is 1.60. The van der Waals surface area contributed by atoms with Crippen LogP contribution in [-0.2, 0) is 11.2 Å². The fraction of sp³-hybridized carbons (Fsp3) is 0.250. The van der Waals surface area contributed by atoms with Crippen LogP contribution in [0.25, 0.3) is 5.69 Å². The number of nitrogens with two attached hydrogens (primary N) is 1. The van der Waals surface area contributed by atoms with E-state index >= 15 is 0 Å². The molecule has 0 spiro atoms. The van der Waals surface area contributed by atoms with Crippen LogP contribution in [0.5, 0.6) is 11.5 Å². The van der Waals surface area contributed by atoms with E-state index in [1.165, 1.54) is 0 Å². The van der Waals surface area contributed by atoms with Crippen LogP contribution in [0, 0.1) is 6.92 Å². The summed E-state index contributed by atoms with van der Waals surface area (Å²) in [5.41, 5.74) is 7.21. The standard InChI is InChI=1S/C20H22N4O3/c1-13-7-4-5-10-17(13)24-20(22-19(23-24)12-18(21)25)14(2)27-16-9-6-8-15(11-16)26-3/h4-11,14H,12H2,1-3H3,(H2,21,25)/t14-/m1/s1. The number of benzene rings is 2. The molecule has 0 bridgehead atoms. The van der Waals surface area contributed by atoms with Crippen molar-refractivity contribution in [3.8, 4) is 17.2 Å². The number of ether oxygens (including phenoxy) is 2. The van der Waals surface area contributed by atoms with Crippen molar-refractivity contribution in [2.24, 2.45) is 5.73 Å². The molecule has 1 atom stereocenters. The molecule has 0 fully saturated rings. The van der Waals surface area contributed by atoms with Crippen LogP contribution in [0.2, 0.25) is 0 Å². The fourth-order valence-corrected chi connectivity index (χ4v) is 2.77. The molecular weight excluding hydrogens is 344 g/mol. The number of amides is 1. The van der Waals surface area contributed by atoms with Gasteiger partial charge >= 0.3 is 0 Å². The van der Waals surface area contributed by atoms with Crippen molar-refractivity contribution in [2.45, 2.75) is 26.4 Å². The summed E-state index contributed by atoms with van der Waals surface area (Å²) in [4.78, 5) is 15.8. The van der Waals surface area contributed by atoms with Crippen LogP contribution in [0.4, 0.5) is 0 Å². The quantitative estimate of drug-likeness (QED) is 0.694. The number of aromatic nitrogens is 3. The topological polar surface area (TPSA) is 92.3 Å². The Kier molecular flexibility index (Phi) is 5.40. The SMILES string of the molecule is COc1cccc(O[C@H](C)c2nc(CC(N)=O)nn2-c2ccccc2C)c1. The number of hydrogen-bond acceptors (Lipinski definition) is 5. The van der Waals surface area contributed by atoms with Gasteiger partial charge in [0.2, 0.25) is 5.91 Å². The summed E-state index contributed by atoms with van der Waals surface area (Å²) in [5.74, 6) is 1.82. The van der Waals surface area contributed by atoms with E-state index < -0.39 is 12.0 Å². The minimum Gasteiger partial charge on any atom is -0.497 e. The first-order valence-corrected chi connectivity index (χ1v) is 8.58. The van der Waals surface area contributed by atoms with E-state index in [9.17, 15) is 4.79 Å². The van der Waals surface area contributed by atoms with Gasteiger partial charge in [-0.2, -0.15) is 5.10 Å². The van der Waals surface area contributed by atoms with Gasteiger partial charge in [0.1, 0.15) is 11.5 Å². The first-order chi connectivity index (χ1) is 13.0. The minimum absolute atomic E-state index is 0.0300. The molecular formula is C20H22N4O3. The Morgan fingerprint density at radius 2 is 1.93 bits per heavy atom. The number of rotatable bonds is 7. The van der Waals surface area contributed by atoms with E-state index in [0.717, 1.165) is 11.3 Å². The lowest BCUT2D eigenvalue weighted by molar-refractivity contribution is -0.117. The number of primary amides is 1. The average Bonchev–Trinajstić information content (AvgIpc) is 3.05. The van der Waals surface area contributed by atoms with Crippen LogP contribution >= 0.6 is 0 Å². The third-order valence-corrected chi connectivity index (χ3v) is 4.07. The van der Waals surface area contributed by atoms with Crippen LogP contribution in [-0.4, -0.2) is 27.8 Å². The van der Waals surface area contributed by atoms with Gasteiger partial charge in [-0.1, -0.05) is 24.3 Å². The van der Waals surface area contributed by atoms with E-state index in [0.29, 0.717) is 23.1 Å². The smallest absolute Gasteiger partial charge is 0.225 e. The second-order valence-corrected chi connectivity index (χ2v) is 6.17. The normalized spacial score (nSPS) is 11.8. The summed E-state index contributed by atoms with van der Waals surface area (Å²) < 4.78 is 13.0. The third kappa shape index (κ3) is 4.25. The summed E-state index contributed by atoms with van der Waals surface area (Å²) >= 11 is 0. The summed E-state index contributed by atoms with van der Waals surface area (Å²) in [6.45, 7) is 3.87. The predicted molar refractivity (Wildman–Crippen MR) is 101 cm³/mol. The number of aryl methyl sites for hydroxylation is 1. The monoisotopic (exact) mass is 366 g/mol. The average molecular weight is 366 g/mol. The van der Waals surface area contributed by atoms with Gasteiger partial charge in [-0.05, 0) is 37.6 Å². The molecule has 0 unspecified atom stereocenters. The van der Waals surface area contributed by atoms with E-state index in [1.54, 1.807) is 17.9 Å². The number of nitrogens with zero attached hydrogens (tertiary/aromatic N) is 3. The molecule has 0 saturated carbocycles. The molecule has 7 heteroatoms. The predicted octanol–water partition coefficient (Wildman–Crippen LogP) is 2.75. The molecule has 0 aliphatic rings. The molecule has 1 heterocycles. The maximum Gasteiger partial charge on any atom is 0.225 e. The molecule has 0 aliphatic carbocycles. The number of para-hydroxylation sites is 1. The Hall–Kier alpha value is -3.35. The number of carbonyl (C=O) groups excluding carboxylic acids is 1. The van der Waals surface area contributed by atoms with Crippen LogP contribution < -0.4 is 15.2 Å². The van der Waals surface area contributed by atoms with E-state index in [2.05, 4.69) is 10.1 Å². The zero-order chi connectivity index (χ0) is 19.4. The number of carbonyl (C=O) groups is 1. The molecule has 0 saturated heterocycles. The third-order valence-electron chi connectivity index (χ3n) is 4.07. The van der Waals surface area contributed by atoms with Crippen molar-refractivity contribution in [1.82, 2.24) is 14.8 Å². The van der Waals surface area contributed by atoms with Crippen LogP contribution in [0.15, 0.2) is 48.5 Å². The van der Waals surface area contributed by atoms with Gasteiger partial charge in [0.05, 0.1) is 19.2 Å². The Bertz CT molecular complexity index is 952. The summed E-state index contributed by atoms with van der Waals surface area (Å²) in [6, 6.07) is 15.2. The molecule has 2 aromatic carbocycles.